The Morgan fingerprint density at radius 1 is 1.21 bits per heavy atom. The average molecular weight is 189 g/mol. The molecule has 1 rings (SSSR count). The van der Waals surface area contributed by atoms with Crippen molar-refractivity contribution in [1.29, 1.82) is 0 Å². The van der Waals surface area contributed by atoms with E-state index < -0.39 is 0 Å². The van der Waals surface area contributed by atoms with Crippen molar-refractivity contribution < 1.29 is 0 Å². The number of benzene rings is 1. The zero-order chi connectivity index (χ0) is 10.4. The predicted octanol–water partition coefficient (Wildman–Crippen LogP) is 3.29. The highest BCUT2D eigenvalue weighted by molar-refractivity contribution is 5.14. The van der Waals surface area contributed by atoms with E-state index in [1.54, 1.807) is 0 Å². The van der Waals surface area contributed by atoms with E-state index in [0.29, 0.717) is 5.92 Å². The van der Waals surface area contributed by atoms with Gasteiger partial charge in [0.15, 0.2) is 0 Å². The van der Waals surface area contributed by atoms with Gasteiger partial charge in [-0.1, -0.05) is 50.3 Å². The number of hydrogen-bond donors (Lipinski definition) is 0. The molecule has 0 saturated heterocycles. The number of hydrogen-bond acceptors (Lipinski definition) is 1. The van der Waals surface area contributed by atoms with Crippen molar-refractivity contribution in [3.8, 4) is 0 Å². The lowest BCUT2D eigenvalue weighted by atomic mass is 10.2. The van der Waals surface area contributed by atoms with Crippen LogP contribution in [-0.4, -0.2) is 11.9 Å². The van der Waals surface area contributed by atoms with E-state index in [-0.39, 0.29) is 0 Å². The van der Waals surface area contributed by atoms with Crippen molar-refractivity contribution in [2.24, 2.45) is 5.92 Å². The van der Waals surface area contributed by atoms with Crippen molar-refractivity contribution in [2.75, 3.05) is 7.05 Å². The Bertz CT molecular complexity index is 275. The standard InChI is InChI=1S/C13H19N/c1-12(2)9-10-14(3)11-13-7-5-4-6-8-13/h4-10,12H,11H2,1-3H3. The Labute approximate surface area is 87.1 Å². The molecule has 0 fully saturated rings. The first kappa shape index (κ1) is 10.8. The Kier molecular flexibility index (Phi) is 4.24. The maximum absolute atomic E-state index is 2.21. The monoisotopic (exact) mass is 189 g/mol. The Hall–Kier alpha value is -1.24. The number of allylic oxidation sites excluding steroid dienone is 1. The average Bonchev–Trinajstić information content (AvgIpc) is 2.16. The minimum Gasteiger partial charge on any atom is -0.376 e. The summed E-state index contributed by atoms with van der Waals surface area (Å²) in [5.74, 6) is 0.619. The van der Waals surface area contributed by atoms with Gasteiger partial charge in [-0.15, -0.1) is 0 Å². The first-order valence-electron chi connectivity index (χ1n) is 5.11. The van der Waals surface area contributed by atoms with E-state index in [1.807, 2.05) is 6.07 Å². The highest BCUT2D eigenvalue weighted by Crippen LogP contribution is 2.03. The van der Waals surface area contributed by atoms with E-state index in [1.165, 1.54) is 5.56 Å². The van der Waals surface area contributed by atoms with Crippen LogP contribution in [0.2, 0.25) is 0 Å². The largest absolute Gasteiger partial charge is 0.376 e. The molecule has 0 aliphatic rings. The molecule has 0 aromatic heterocycles. The summed E-state index contributed by atoms with van der Waals surface area (Å²) >= 11 is 0. The first-order chi connectivity index (χ1) is 6.68. The summed E-state index contributed by atoms with van der Waals surface area (Å²) in [7, 11) is 2.10. The lowest BCUT2D eigenvalue weighted by Crippen LogP contribution is -2.10. The summed E-state index contributed by atoms with van der Waals surface area (Å²) in [5.41, 5.74) is 1.35. The first-order valence-corrected chi connectivity index (χ1v) is 5.11. The van der Waals surface area contributed by atoms with Crippen molar-refractivity contribution in [2.45, 2.75) is 20.4 Å². The van der Waals surface area contributed by atoms with Crippen LogP contribution in [0.1, 0.15) is 19.4 Å². The van der Waals surface area contributed by atoms with Gasteiger partial charge in [0.2, 0.25) is 0 Å². The maximum Gasteiger partial charge on any atom is 0.0420 e. The van der Waals surface area contributed by atoms with Crippen molar-refractivity contribution in [3.63, 3.8) is 0 Å². The number of nitrogens with zero attached hydrogens (tertiary/aromatic N) is 1. The van der Waals surface area contributed by atoms with Crippen LogP contribution < -0.4 is 0 Å². The van der Waals surface area contributed by atoms with E-state index in [9.17, 15) is 0 Å². The van der Waals surface area contributed by atoms with Gasteiger partial charge in [0.05, 0.1) is 0 Å². The molecule has 1 aromatic rings. The Balaban J connectivity index is 2.45. The van der Waals surface area contributed by atoms with Crippen LogP contribution in [0.5, 0.6) is 0 Å². The summed E-state index contributed by atoms with van der Waals surface area (Å²) in [4.78, 5) is 2.20. The van der Waals surface area contributed by atoms with Gasteiger partial charge >= 0.3 is 0 Å². The fourth-order valence-electron chi connectivity index (χ4n) is 1.24. The second-order valence-electron chi connectivity index (χ2n) is 3.99. The molecule has 14 heavy (non-hydrogen) atoms. The van der Waals surface area contributed by atoms with Crippen LogP contribution in [0.4, 0.5) is 0 Å². The smallest absolute Gasteiger partial charge is 0.0420 e. The molecule has 0 spiro atoms. The van der Waals surface area contributed by atoms with Gasteiger partial charge in [-0.25, -0.2) is 0 Å². The lowest BCUT2D eigenvalue weighted by molar-refractivity contribution is 0.447. The normalized spacial score (nSPS) is 11.1. The van der Waals surface area contributed by atoms with Crippen LogP contribution >= 0.6 is 0 Å². The fraction of sp³-hybridized carbons (Fsp3) is 0.385. The third kappa shape index (κ3) is 4.13. The van der Waals surface area contributed by atoms with Crippen LogP contribution in [0, 0.1) is 5.92 Å². The molecule has 0 N–H and O–H groups in total. The van der Waals surface area contributed by atoms with Crippen LogP contribution in [0.25, 0.3) is 0 Å². The second-order valence-corrected chi connectivity index (χ2v) is 3.99. The minimum absolute atomic E-state index is 0.619. The van der Waals surface area contributed by atoms with Gasteiger partial charge in [-0.05, 0) is 17.7 Å². The summed E-state index contributed by atoms with van der Waals surface area (Å²) in [5, 5.41) is 0. The summed E-state index contributed by atoms with van der Waals surface area (Å²) in [6, 6.07) is 10.5. The van der Waals surface area contributed by atoms with Crippen molar-refractivity contribution in [1.82, 2.24) is 4.90 Å². The van der Waals surface area contributed by atoms with Crippen molar-refractivity contribution in [3.05, 3.63) is 48.2 Å². The summed E-state index contributed by atoms with van der Waals surface area (Å²) < 4.78 is 0. The second kappa shape index (κ2) is 5.48. The molecule has 1 aromatic carbocycles. The molecule has 76 valence electrons. The van der Waals surface area contributed by atoms with E-state index in [4.69, 9.17) is 0 Å². The summed E-state index contributed by atoms with van der Waals surface area (Å²) in [6.07, 6.45) is 4.36. The van der Waals surface area contributed by atoms with Gasteiger partial charge < -0.3 is 4.90 Å². The Morgan fingerprint density at radius 2 is 1.86 bits per heavy atom. The van der Waals surface area contributed by atoms with E-state index >= 15 is 0 Å². The molecule has 0 bridgehead atoms. The molecule has 0 unspecified atom stereocenters. The van der Waals surface area contributed by atoms with Gasteiger partial charge in [0, 0.05) is 13.6 Å². The number of rotatable bonds is 4. The van der Waals surface area contributed by atoms with Gasteiger partial charge in [-0.2, -0.15) is 0 Å². The molecule has 0 aliphatic heterocycles. The topological polar surface area (TPSA) is 3.24 Å². The van der Waals surface area contributed by atoms with Crippen LogP contribution in [0.15, 0.2) is 42.6 Å². The SMILES string of the molecule is CC(C)C=CN(C)Cc1ccccc1. The van der Waals surface area contributed by atoms with Gasteiger partial charge in [0.1, 0.15) is 0 Å². The Morgan fingerprint density at radius 3 is 2.43 bits per heavy atom. The van der Waals surface area contributed by atoms with E-state index in [2.05, 4.69) is 62.3 Å². The molecule has 0 atom stereocenters. The van der Waals surface area contributed by atoms with Crippen molar-refractivity contribution >= 4 is 0 Å². The zero-order valence-corrected chi connectivity index (χ0v) is 9.27. The third-order valence-corrected chi connectivity index (χ3v) is 2.00. The van der Waals surface area contributed by atoms with Gasteiger partial charge in [0.25, 0.3) is 0 Å². The lowest BCUT2D eigenvalue weighted by Gasteiger charge is -2.14. The molecule has 0 aliphatic carbocycles. The molecule has 0 radical (unpaired) electrons. The third-order valence-electron chi connectivity index (χ3n) is 2.00. The molecular weight excluding hydrogens is 170 g/mol. The molecule has 0 heterocycles. The molecule has 0 saturated carbocycles. The van der Waals surface area contributed by atoms with Gasteiger partial charge in [-0.3, -0.25) is 0 Å². The van der Waals surface area contributed by atoms with E-state index in [0.717, 1.165) is 6.54 Å². The maximum atomic E-state index is 2.21. The molecule has 1 heteroatoms. The zero-order valence-electron chi connectivity index (χ0n) is 9.27. The molecule has 0 amide bonds. The highest BCUT2D eigenvalue weighted by Gasteiger charge is 1.94. The van der Waals surface area contributed by atoms with Crippen LogP contribution in [0.3, 0.4) is 0 Å². The quantitative estimate of drug-likeness (QED) is 0.702. The highest BCUT2D eigenvalue weighted by atomic mass is 15.1. The fourth-order valence-corrected chi connectivity index (χ4v) is 1.24. The predicted molar refractivity (Wildman–Crippen MR) is 61.9 cm³/mol. The molecular formula is C13H19N. The minimum atomic E-state index is 0.619. The summed E-state index contributed by atoms with van der Waals surface area (Å²) in [6.45, 7) is 5.35. The van der Waals surface area contributed by atoms with Crippen LogP contribution in [-0.2, 0) is 6.54 Å². The molecule has 1 nitrogen and oxygen atoms in total.